The number of aryl methyl sites for hydroxylation is 2. The summed E-state index contributed by atoms with van der Waals surface area (Å²) in [5.74, 6) is 0.830. The predicted molar refractivity (Wildman–Crippen MR) is 122 cm³/mol. The first-order valence-corrected chi connectivity index (χ1v) is 12.0. The number of carbonyl (C=O) groups is 2. The summed E-state index contributed by atoms with van der Waals surface area (Å²) in [6, 6.07) is 0.124. The third-order valence-corrected chi connectivity index (χ3v) is 7.26. The van der Waals surface area contributed by atoms with Crippen LogP contribution in [0.2, 0.25) is 0 Å². The van der Waals surface area contributed by atoms with Gasteiger partial charge in [0.05, 0.1) is 16.8 Å². The van der Waals surface area contributed by atoms with Gasteiger partial charge in [0, 0.05) is 45.2 Å². The van der Waals surface area contributed by atoms with E-state index in [0.29, 0.717) is 54.4 Å². The van der Waals surface area contributed by atoms with E-state index in [9.17, 15) is 14.4 Å². The fourth-order valence-corrected chi connectivity index (χ4v) is 5.60. The number of piperazine rings is 1. The fraction of sp³-hybridized carbons (Fsp3) is 0.636. The Kier molecular flexibility index (Phi) is 6.43. The lowest BCUT2D eigenvalue weighted by molar-refractivity contribution is -0.123. The van der Waals surface area contributed by atoms with Crippen LogP contribution in [-0.4, -0.2) is 69.9 Å². The maximum Gasteiger partial charge on any atom is 0.264 e. The Morgan fingerprint density at radius 2 is 1.84 bits per heavy atom. The minimum Gasteiger partial charge on any atom is -0.353 e. The number of nitrogens with zero attached hydrogens (tertiary/aromatic N) is 4. The summed E-state index contributed by atoms with van der Waals surface area (Å²) < 4.78 is 1.81. The Hall–Kier alpha value is -2.26. The monoisotopic (exact) mass is 445 g/mol. The molecule has 0 aromatic carbocycles. The minimum absolute atomic E-state index is 0.00400. The summed E-state index contributed by atoms with van der Waals surface area (Å²) in [6.07, 6.45) is 3.98. The molecule has 4 rings (SSSR count). The summed E-state index contributed by atoms with van der Waals surface area (Å²) in [6.45, 7) is 9.30. The molecule has 1 N–H and O–H groups in total. The molecule has 2 aromatic heterocycles. The molecule has 0 radical (unpaired) electrons. The molecule has 2 aliphatic rings. The molecule has 0 spiro atoms. The van der Waals surface area contributed by atoms with Gasteiger partial charge in [0.15, 0.2) is 0 Å². The van der Waals surface area contributed by atoms with Crippen LogP contribution >= 0.6 is 11.3 Å². The number of aromatic nitrogens is 2. The fourth-order valence-electron chi connectivity index (χ4n) is 4.44. The number of thiophene rings is 1. The van der Waals surface area contributed by atoms with E-state index >= 15 is 0 Å². The van der Waals surface area contributed by atoms with E-state index in [4.69, 9.17) is 4.98 Å². The molecule has 2 aliphatic heterocycles. The van der Waals surface area contributed by atoms with Crippen LogP contribution in [0.3, 0.4) is 0 Å². The average molecular weight is 446 g/mol. The van der Waals surface area contributed by atoms with Crippen LogP contribution < -0.4 is 10.9 Å². The molecular weight excluding hydrogens is 414 g/mol. The van der Waals surface area contributed by atoms with Crippen molar-refractivity contribution in [1.82, 2.24) is 24.7 Å². The van der Waals surface area contributed by atoms with Gasteiger partial charge in [-0.3, -0.25) is 23.9 Å². The van der Waals surface area contributed by atoms with Crippen LogP contribution in [0, 0.1) is 6.92 Å². The number of nitrogens with one attached hydrogen (secondary N) is 1. The lowest BCUT2D eigenvalue weighted by Gasteiger charge is -2.34. The van der Waals surface area contributed by atoms with Gasteiger partial charge in [-0.2, -0.15) is 0 Å². The smallest absolute Gasteiger partial charge is 0.264 e. The summed E-state index contributed by atoms with van der Waals surface area (Å²) in [7, 11) is 0. The Bertz CT molecular complexity index is 1050. The van der Waals surface area contributed by atoms with Crippen molar-refractivity contribution in [3.05, 3.63) is 26.6 Å². The van der Waals surface area contributed by atoms with E-state index in [2.05, 4.69) is 10.2 Å². The number of hydrogen-bond donors (Lipinski definition) is 1. The Morgan fingerprint density at radius 3 is 2.55 bits per heavy atom. The quantitative estimate of drug-likeness (QED) is 0.775. The lowest BCUT2D eigenvalue weighted by Crippen LogP contribution is -2.51. The van der Waals surface area contributed by atoms with Gasteiger partial charge in [0.2, 0.25) is 5.91 Å². The molecule has 168 valence electrons. The van der Waals surface area contributed by atoms with Gasteiger partial charge in [0.25, 0.3) is 11.5 Å². The molecule has 1 saturated heterocycles. The second-order valence-corrected chi connectivity index (χ2v) is 9.82. The van der Waals surface area contributed by atoms with E-state index in [-0.39, 0.29) is 23.4 Å². The van der Waals surface area contributed by atoms with Gasteiger partial charge in [-0.25, -0.2) is 4.98 Å². The molecule has 0 atom stereocenters. The molecule has 0 saturated carbocycles. The average Bonchev–Trinajstić information content (AvgIpc) is 2.88. The zero-order valence-corrected chi connectivity index (χ0v) is 19.4. The van der Waals surface area contributed by atoms with Gasteiger partial charge in [0.1, 0.15) is 10.7 Å². The van der Waals surface area contributed by atoms with Crippen molar-refractivity contribution in [2.24, 2.45) is 0 Å². The molecule has 4 heterocycles. The van der Waals surface area contributed by atoms with Crippen molar-refractivity contribution in [3.63, 3.8) is 0 Å². The normalized spacial score (nSPS) is 17.6. The van der Waals surface area contributed by atoms with Gasteiger partial charge in [-0.05, 0) is 39.2 Å². The highest BCUT2D eigenvalue weighted by Gasteiger charge is 2.28. The van der Waals surface area contributed by atoms with Crippen LogP contribution in [0.4, 0.5) is 0 Å². The van der Waals surface area contributed by atoms with Crippen LogP contribution in [0.15, 0.2) is 4.79 Å². The second-order valence-electron chi connectivity index (χ2n) is 8.82. The van der Waals surface area contributed by atoms with Crippen molar-refractivity contribution in [2.45, 2.75) is 59.0 Å². The predicted octanol–water partition coefficient (Wildman–Crippen LogP) is 1.78. The Labute approximate surface area is 186 Å². The minimum atomic E-state index is -0.0358. The van der Waals surface area contributed by atoms with Gasteiger partial charge >= 0.3 is 0 Å². The molecule has 2 amide bonds. The maximum atomic E-state index is 13.3. The Balaban J connectivity index is 1.50. The zero-order chi connectivity index (χ0) is 22.1. The highest BCUT2D eigenvalue weighted by molar-refractivity contribution is 7.20. The number of carbonyl (C=O) groups excluding carboxylic acids is 2. The lowest BCUT2D eigenvalue weighted by atomic mass is 10.2. The van der Waals surface area contributed by atoms with Crippen LogP contribution in [-0.2, 0) is 17.8 Å². The largest absolute Gasteiger partial charge is 0.353 e. The standard InChI is InChI=1S/C22H31N5O3S/c1-14(2)23-17(28)13-25-9-11-26(12-10-25)22(30)19-15(3)18-20(31-19)24-16-7-5-4-6-8-27(16)21(18)29/h14H,4-13H2,1-3H3,(H,23,28). The molecule has 2 aromatic rings. The SMILES string of the molecule is Cc1c(C(=O)N2CCN(CC(=O)NC(C)C)CC2)sc2nc3n(c(=O)c12)CCCCC3. The molecule has 0 aliphatic carbocycles. The van der Waals surface area contributed by atoms with Gasteiger partial charge in [-0.15, -0.1) is 11.3 Å². The van der Waals surface area contributed by atoms with Crippen LogP contribution in [0.25, 0.3) is 10.2 Å². The van der Waals surface area contributed by atoms with E-state index in [1.54, 1.807) is 0 Å². The summed E-state index contributed by atoms with van der Waals surface area (Å²) in [4.78, 5) is 48.4. The molecule has 0 bridgehead atoms. The summed E-state index contributed by atoms with van der Waals surface area (Å²) in [5, 5.41) is 3.51. The van der Waals surface area contributed by atoms with Crippen LogP contribution in [0.5, 0.6) is 0 Å². The molecule has 1 fully saturated rings. The first-order chi connectivity index (χ1) is 14.8. The highest BCUT2D eigenvalue weighted by atomic mass is 32.1. The number of amides is 2. The van der Waals surface area contributed by atoms with E-state index < -0.39 is 0 Å². The molecule has 8 nitrogen and oxygen atoms in total. The third-order valence-electron chi connectivity index (χ3n) is 6.08. The van der Waals surface area contributed by atoms with Crippen molar-refractivity contribution in [1.29, 1.82) is 0 Å². The van der Waals surface area contributed by atoms with Gasteiger partial charge in [-0.1, -0.05) is 6.42 Å². The highest BCUT2D eigenvalue weighted by Crippen LogP contribution is 2.29. The molecular formula is C22H31N5O3S. The third kappa shape index (κ3) is 4.52. The first kappa shape index (κ1) is 22.0. The van der Waals surface area contributed by atoms with E-state index in [1.807, 2.05) is 30.2 Å². The van der Waals surface area contributed by atoms with Crippen molar-refractivity contribution < 1.29 is 9.59 Å². The number of fused-ring (bicyclic) bond motifs is 2. The van der Waals surface area contributed by atoms with E-state index in [1.165, 1.54) is 11.3 Å². The molecule has 31 heavy (non-hydrogen) atoms. The first-order valence-electron chi connectivity index (χ1n) is 11.2. The van der Waals surface area contributed by atoms with Crippen LogP contribution in [0.1, 0.15) is 54.2 Å². The van der Waals surface area contributed by atoms with E-state index in [0.717, 1.165) is 37.1 Å². The second kappa shape index (κ2) is 9.08. The van der Waals surface area contributed by atoms with Gasteiger partial charge < -0.3 is 10.2 Å². The zero-order valence-electron chi connectivity index (χ0n) is 18.6. The number of hydrogen-bond acceptors (Lipinski definition) is 6. The topological polar surface area (TPSA) is 87.5 Å². The van der Waals surface area contributed by atoms with Crippen molar-refractivity contribution in [2.75, 3.05) is 32.7 Å². The molecule has 0 unspecified atom stereocenters. The number of rotatable bonds is 4. The summed E-state index contributed by atoms with van der Waals surface area (Å²) in [5.41, 5.74) is 0.747. The Morgan fingerprint density at radius 1 is 1.10 bits per heavy atom. The van der Waals surface area contributed by atoms with Crippen molar-refractivity contribution >= 4 is 33.4 Å². The maximum absolute atomic E-state index is 13.3. The van der Waals surface area contributed by atoms with Crippen molar-refractivity contribution in [3.8, 4) is 0 Å². The summed E-state index contributed by atoms with van der Waals surface area (Å²) >= 11 is 1.34. The molecule has 9 heteroatoms.